The first-order valence-corrected chi connectivity index (χ1v) is 9.14. The van der Waals surface area contributed by atoms with Gasteiger partial charge in [-0.15, -0.1) is 0 Å². The summed E-state index contributed by atoms with van der Waals surface area (Å²) in [6.45, 7) is 1.82. The molecule has 4 heteroatoms. The van der Waals surface area contributed by atoms with Crippen molar-refractivity contribution in [1.29, 1.82) is 0 Å². The molecule has 0 bridgehead atoms. The molecule has 0 aliphatic carbocycles. The van der Waals surface area contributed by atoms with Gasteiger partial charge in [0.2, 0.25) is 0 Å². The SMILES string of the molecule is OCC1(Cc2ccc(F)cc2)CCCN(c2ccc3ccccc3n2)C1. The van der Waals surface area contributed by atoms with Crippen LogP contribution < -0.4 is 4.90 Å². The molecule has 1 N–H and O–H groups in total. The van der Waals surface area contributed by atoms with Gasteiger partial charge in [-0.2, -0.15) is 0 Å². The highest BCUT2D eigenvalue weighted by Crippen LogP contribution is 2.35. The van der Waals surface area contributed by atoms with Crippen LogP contribution in [0.3, 0.4) is 0 Å². The molecule has 1 aromatic heterocycles. The van der Waals surface area contributed by atoms with E-state index in [0.717, 1.165) is 54.6 Å². The van der Waals surface area contributed by atoms with Gasteiger partial charge in [0.1, 0.15) is 11.6 Å². The number of benzene rings is 2. The van der Waals surface area contributed by atoms with Crippen molar-refractivity contribution in [2.75, 3.05) is 24.6 Å². The monoisotopic (exact) mass is 350 g/mol. The zero-order chi connectivity index (χ0) is 18.0. The second kappa shape index (κ2) is 7.04. The van der Waals surface area contributed by atoms with Crippen LogP contribution in [-0.2, 0) is 6.42 Å². The normalized spacial score (nSPS) is 20.5. The van der Waals surface area contributed by atoms with Gasteiger partial charge in [-0.25, -0.2) is 9.37 Å². The third-order valence-electron chi connectivity index (χ3n) is 5.40. The Labute approximate surface area is 153 Å². The Bertz CT molecular complexity index is 896. The van der Waals surface area contributed by atoms with E-state index in [4.69, 9.17) is 4.98 Å². The molecule has 1 aliphatic heterocycles. The minimum absolute atomic E-state index is 0.120. The fourth-order valence-corrected chi connectivity index (χ4v) is 4.00. The number of halogens is 1. The number of fused-ring (bicyclic) bond motifs is 1. The van der Waals surface area contributed by atoms with Gasteiger partial charge in [-0.1, -0.05) is 30.3 Å². The molecule has 2 heterocycles. The Morgan fingerprint density at radius 2 is 1.85 bits per heavy atom. The number of pyridine rings is 1. The van der Waals surface area contributed by atoms with Gasteiger partial charge in [0.15, 0.2) is 0 Å². The van der Waals surface area contributed by atoms with Crippen molar-refractivity contribution < 1.29 is 9.50 Å². The predicted molar refractivity (Wildman–Crippen MR) is 103 cm³/mol. The number of piperidine rings is 1. The van der Waals surface area contributed by atoms with Crippen LogP contribution in [0.25, 0.3) is 10.9 Å². The average molecular weight is 350 g/mol. The Morgan fingerprint density at radius 3 is 2.65 bits per heavy atom. The molecule has 1 aliphatic rings. The topological polar surface area (TPSA) is 36.4 Å². The lowest BCUT2D eigenvalue weighted by Crippen LogP contribution is -2.47. The van der Waals surface area contributed by atoms with Crippen molar-refractivity contribution in [3.8, 4) is 0 Å². The van der Waals surface area contributed by atoms with Crippen molar-refractivity contribution in [2.45, 2.75) is 19.3 Å². The lowest BCUT2D eigenvalue weighted by molar-refractivity contribution is 0.105. The largest absolute Gasteiger partial charge is 0.396 e. The maximum Gasteiger partial charge on any atom is 0.129 e. The molecular weight excluding hydrogens is 327 g/mol. The van der Waals surface area contributed by atoms with Gasteiger partial charge in [0.25, 0.3) is 0 Å². The fourth-order valence-electron chi connectivity index (χ4n) is 4.00. The number of aliphatic hydroxyl groups excluding tert-OH is 1. The molecule has 1 saturated heterocycles. The minimum atomic E-state index is -0.225. The van der Waals surface area contributed by atoms with Gasteiger partial charge in [-0.05, 0) is 55.2 Å². The zero-order valence-corrected chi connectivity index (χ0v) is 14.7. The van der Waals surface area contributed by atoms with Crippen LogP contribution in [-0.4, -0.2) is 29.8 Å². The summed E-state index contributed by atoms with van der Waals surface area (Å²) < 4.78 is 13.2. The van der Waals surface area contributed by atoms with Crippen LogP contribution in [0.4, 0.5) is 10.2 Å². The third-order valence-corrected chi connectivity index (χ3v) is 5.40. The number of nitrogens with zero attached hydrogens (tertiary/aromatic N) is 2. The molecule has 0 amide bonds. The van der Waals surface area contributed by atoms with Crippen molar-refractivity contribution in [3.63, 3.8) is 0 Å². The van der Waals surface area contributed by atoms with Crippen LogP contribution in [0.15, 0.2) is 60.7 Å². The molecule has 0 spiro atoms. The van der Waals surface area contributed by atoms with Crippen molar-refractivity contribution in [2.24, 2.45) is 5.41 Å². The molecule has 0 saturated carbocycles. The summed E-state index contributed by atoms with van der Waals surface area (Å²) in [5.41, 5.74) is 1.83. The van der Waals surface area contributed by atoms with E-state index in [1.54, 1.807) is 0 Å². The fraction of sp³-hybridized carbons (Fsp3) is 0.318. The number of para-hydroxylation sites is 1. The molecule has 1 unspecified atom stereocenters. The van der Waals surface area contributed by atoms with E-state index in [1.807, 2.05) is 30.3 Å². The predicted octanol–water partition coefficient (Wildman–Crippen LogP) is 4.20. The maximum atomic E-state index is 13.2. The summed E-state index contributed by atoms with van der Waals surface area (Å²) >= 11 is 0. The summed E-state index contributed by atoms with van der Waals surface area (Å²) in [4.78, 5) is 7.09. The third kappa shape index (κ3) is 3.42. The molecule has 3 nitrogen and oxygen atoms in total. The van der Waals surface area contributed by atoms with E-state index < -0.39 is 0 Å². The van der Waals surface area contributed by atoms with Crippen LogP contribution in [0.2, 0.25) is 0 Å². The Kier molecular flexibility index (Phi) is 4.60. The molecule has 1 fully saturated rings. The first kappa shape index (κ1) is 17.0. The van der Waals surface area contributed by atoms with Crippen molar-refractivity contribution in [3.05, 3.63) is 72.0 Å². The molecule has 1 atom stereocenters. The van der Waals surface area contributed by atoms with E-state index in [1.165, 1.54) is 12.1 Å². The van der Waals surface area contributed by atoms with Crippen LogP contribution in [0.1, 0.15) is 18.4 Å². The van der Waals surface area contributed by atoms with E-state index in [9.17, 15) is 9.50 Å². The van der Waals surface area contributed by atoms with Crippen molar-refractivity contribution in [1.82, 2.24) is 4.98 Å². The highest BCUT2D eigenvalue weighted by Gasteiger charge is 2.35. The van der Waals surface area contributed by atoms with Crippen molar-refractivity contribution >= 4 is 16.7 Å². The van der Waals surface area contributed by atoms with Crippen LogP contribution in [0.5, 0.6) is 0 Å². The zero-order valence-electron chi connectivity index (χ0n) is 14.7. The lowest BCUT2D eigenvalue weighted by atomic mass is 9.75. The number of aromatic nitrogens is 1. The summed E-state index contributed by atoms with van der Waals surface area (Å²) in [6, 6.07) is 18.9. The first-order valence-electron chi connectivity index (χ1n) is 9.14. The summed E-state index contributed by atoms with van der Waals surface area (Å²) in [5, 5.41) is 11.3. The van der Waals surface area contributed by atoms with Gasteiger partial charge >= 0.3 is 0 Å². The molecule has 0 radical (unpaired) electrons. The lowest BCUT2D eigenvalue weighted by Gasteiger charge is -2.42. The number of anilines is 1. The number of aliphatic hydroxyl groups is 1. The van der Waals surface area contributed by atoms with Crippen LogP contribution >= 0.6 is 0 Å². The highest BCUT2D eigenvalue weighted by molar-refractivity contribution is 5.80. The van der Waals surface area contributed by atoms with Crippen LogP contribution in [0, 0.1) is 11.2 Å². The van der Waals surface area contributed by atoms with Gasteiger partial charge in [0, 0.05) is 23.9 Å². The average Bonchev–Trinajstić information content (AvgIpc) is 2.69. The number of hydrogen-bond donors (Lipinski definition) is 1. The number of rotatable bonds is 4. The van der Waals surface area contributed by atoms with E-state index in [0.29, 0.717) is 0 Å². The standard InChI is InChI=1S/C22H23FN2O/c23-19-9-6-17(7-10-19)14-22(16-26)12-3-13-25(15-22)21-11-8-18-4-1-2-5-20(18)24-21/h1-2,4-11,26H,3,12-16H2. The minimum Gasteiger partial charge on any atom is -0.396 e. The smallest absolute Gasteiger partial charge is 0.129 e. The van der Waals surface area contributed by atoms with Gasteiger partial charge in [-0.3, -0.25) is 0 Å². The number of hydrogen-bond acceptors (Lipinski definition) is 3. The van der Waals surface area contributed by atoms with E-state index in [-0.39, 0.29) is 17.8 Å². The second-order valence-electron chi connectivity index (χ2n) is 7.35. The van der Waals surface area contributed by atoms with Gasteiger partial charge < -0.3 is 10.0 Å². The second-order valence-corrected chi connectivity index (χ2v) is 7.35. The van der Waals surface area contributed by atoms with Gasteiger partial charge in [0.05, 0.1) is 12.1 Å². The molecule has 134 valence electrons. The summed E-state index contributed by atoms with van der Waals surface area (Å²) in [7, 11) is 0. The maximum absolute atomic E-state index is 13.2. The first-order chi connectivity index (χ1) is 12.7. The summed E-state index contributed by atoms with van der Waals surface area (Å²) in [5.74, 6) is 0.734. The molecular formula is C22H23FN2O. The molecule has 4 rings (SSSR count). The Hall–Kier alpha value is -2.46. The summed E-state index contributed by atoms with van der Waals surface area (Å²) in [6.07, 6.45) is 2.72. The highest BCUT2D eigenvalue weighted by atomic mass is 19.1. The van der Waals surface area contributed by atoms with E-state index in [2.05, 4.69) is 23.1 Å². The Morgan fingerprint density at radius 1 is 1.04 bits per heavy atom. The van der Waals surface area contributed by atoms with E-state index >= 15 is 0 Å². The molecule has 3 aromatic rings. The molecule has 26 heavy (non-hydrogen) atoms. The quantitative estimate of drug-likeness (QED) is 0.766. The molecule has 2 aromatic carbocycles. The Balaban J connectivity index is 1.58.